The van der Waals surface area contributed by atoms with Crippen molar-refractivity contribution in [1.82, 2.24) is 21.3 Å². The molecule has 0 atom stereocenters. The van der Waals surface area contributed by atoms with Crippen LogP contribution in [0.1, 0.15) is 12.8 Å². The average molecular weight is 397 g/mol. The molecule has 0 bridgehead atoms. The molecule has 1 saturated heterocycles. The molecule has 1 rings (SSSR count). The number of hydrogen-bond acceptors (Lipinski definition) is 8. The van der Waals surface area contributed by atoms with Gasteiger partial charge in [0, 0.05) is 36.6 Å². The maximum absolute atomic E-state index is 8.52. The third kappa shape index (κ3) is 26.8. The van der Waals surface area contributed by atoms with Crippen LogP contribution in [0.5, 0.6) is 0 Å². The van der Waals surface area contributed by atoms with Crippen molar-refractivity contribution in [3.8, 4) is 0 Å². The zero-order valence-corrected chi connectivity index (χ0v) is 14.0. The Kier molecular flexibility index (Phi) is 17.8. The monoisotopic (exact) mass is 398 g/mol. The van der Waals surface area contributed by atoms with Gasteiger partial charge in [0.15, 0.2) is 0 Å². The minimum absolute atomic E-state index is 0. The van der Waals surface area contributed by atoms with E-state index in [0.29, 0.717) is 0 Å². The summed E-state index contributed by atoms with van der Waals surface area (Å²) in [5, 5.41) is 13.7. The zero-order valence-electron chi connectivity index (χ0n) is 11.5. The van der Waals surface area contributed by atoms with Gasteiger partial charge >= 0.3 is 19.5 Å². The fourth-order valence-corrected chi connectivity index (χ4v) is 1.53. The van der Waals surface area contributed by atoms with Gasteiger partial charge in [0.25, 0.3) is 0 Å². The van der Waals surface area contributed by atoms with Crippen molar-refractivity contribution in [2.24, 2.45) is 0 Å². The van der Waals surface area contributed by atoms with Crippen LogP contribution < -0.4 is 21.3 Å². The van der Waals surface area contributed by atoms with E-state index in [1.54, 1.807) is 0 Å². The summed E-state index contributed by atoms with van der Waals surface area (Å²) in [6.45, 7) is 8.87. The van der Waals surface area contributed by atoms with Crippen molar-refractivity contribution >= 4 is 10.4 Å². The summed E-state index contributed by atoms with van der Waals surface area (Å²) in [5.74, 6) is 0. The van der Waals surface area contributed by atoms with E-state index >= 15 is 0 Å². The van der Waals surface area contributed by atoms with Gasteiger partial charge in [-0.25, -0.2) is 0 Å². The van der Waals surface area contributed by atoms with E-state index < -0.39 is 10.4 Å². The molecular weight excluding hydrogens is 373 g/mol. The van der Waals surface area contributed by atoms with Gasteiger partial charge in [-0.15, -0.1) is 0 Å². The predicted molar refractivity (Wildman–Crippen MR) is 71.2 cm³/mol. The summed E-state index contributed by atoms with van der Waals surface area (Å²) in [7, 11) is -5.17. The molecule has 0 spiro atoms. The Morgan fingerprint density at radius 3 is 1.00 bits per heavy atom. The summed E-state index contributed by atoms with van der Waals surface area (Å²) in [6, 6.07) is 0. The largest absolute Gasteiger partial charge is 2.00 e. The number of nitrogens with one attached hydrogen (secondary N) is 4. The molecule has 1 aliphatic rings. The Morgan fingerprint density at radius 1 is 0.600 bits per heavy atom. The van der Waals surface area contributed by atoms with Crippen molar-refractivity contribution in [3.63, 3.8) is 0 Å². The van der Waals surface area contributed by atoms with Crippen molar-refractivity contribution in [2.45, 2.75) is 12.8 Å². The molecule has 4 N–H and O–H groups in total. The molecule has 0 saturated carbocycles. The van der Waals surface area contributed by atoms with Crippen LogP contribution in [-0.2, 0) is 29.9 Å². The fraction of sp³-hybridized carbons (Fsp3) is 1.00. The molecule has 10 heteroatoms. The summed E-state index contributed by atoms with van der Waals surface area (Å²) in [6.07, 6.45) is 2.44. The first-order chi connectivity index (χ1) is 9.00. The van der Waals surface area contributed by atoms with Crippen molar-refractivity contribution in [2.75, 3.05) is 52.4 Å². The Morgan fingerprint density at radius 2 is 0.800 bits per heavy atom. The Bertz CT molecular complexity index is 232. The van der Waals surface area contributed by atoms with E-state index in [2.05, 4.69) is 21.3 Å². The van der Waals surface area contributed by atoms with Gasteiger partial charge < -0.3 is 30.4 Å². The van der Waals surface area contributed by atoms with E-state index in [-0.39, 0.29) is 19.5 Å². The van der Waals surface area contributed by atoms with Crippen LogP contribution in [-0.4, -0.2) is 69.9 Å². The predicted octanol–water partition coefficient (Wildman–Crippen LogP) is -2.20. The molecule has 0 radical (unpaired) electrons. The second kappa shape index (κ2) is 15.7. The normalized spacial score (nSPS) is 19.7. The van der Waals surface area contributed by atoms with Crippen LogP contribution in [0.4, 0.5) is 0 Å². The molecule has 20 heavy (non-hydrogen) atoms. The van der Waals surface area contributed by atoms with Crippen LogP contribution in [0.3, 0.4) is 0 Å². The van der Waals surface area contributed by atoms with E-state index in [0.717, 1.165) is 52.4 Å². The molecule has 1 aliphatic heterocycles. The third-order valence-corrected chi connectivity index (χ3v) is 2.37. The van der Waals surface area contributed by atoms with Gasteiger partial charge in [-0.2, -0.15) is 0 Å². The van der Waals surface area contributed by atoms with Gasteiger partial charge in [-0.1, -0.05) is 0 Å². The summed E-state index contributed by atoms with van der Waals surface area (Å²) >= 11 is 0. The average Bonchev–Trinajstić information content (AvgIpc) is 2.30. The molecule has 1 heterocycles. The van der Waals surface area contributed by atoms with Crippen molar-refractivity contribution < 1.29 is 37.0 Å². The molecular formula is C10H24N4O4RuS. The molecule has 0 aliphatic carbocycles. The van der Waals surface area contributed by atoms with Gasteiger partial charge in [-0.05, 0) is 39.0 Å². The Balaban J connectivity index is 0. The SMILES string of the molecule is C1CNCCNCCCNCCNC1.O=S(=O)([O-])[O-].[Ru+2]. The second-order valence-electron chi connectivity index (χ2n) is 4.12. The fourth-order valence-electron chi connectivity index (χ4n) is 1.53. The quantitative estimate of drug-likeness (QED) is 0.206. The Hall–Kier alpha value is 0.333. The van der Waals surface area contributed by atoms with Crippen molar-refractivity contribution in [1.29, 1.82) is 0 Å². The van der Waals surface area contributed by atoms with E-state index in [9.17, 15) is 0 Å². The van der Waals surface area contributed by atoms with E-state index in [1.165, 1.54) is 12.8 Å². The van der Waals surface area contributed by atoms with Crippen molar-refractivity contribution in [3.05, 3.63) is 0 Å². The minimum Gasteiger partial charge on any atom is -0.759 e. The van der Waals surface area contributed by atoms with Gasteiger partial charge in [0.2, 0.25) is 0 Å². The first-order valence-electron chi connectivity index (χ1n) is 6.50. The van der Waals surface area contributed by atoms with Crippen LogP contribution in [0.15, 0.2) is 0 Å². The van der Waals surface area contributed by atoms with E-state index in [1.807, 2.05) is 0 Å². The zero-order chi connectivity index (χ0) is 14.4. The van der Waals surface area contributed by atoms with Gasteiger partial charge in [-0.3, -0.25) is 8.42 Å². The maximum Gasteiger partial charge on any atom is 2.00 e. The topological polar surface area (TPSA) is 128 Å². The molecule has 0 aromatic rings. The molecule has 122 valence electrons. The molecule has 1 fully saturated rings. The molecule has 0 aromatic carbocycles. The van der Waals surface area contributed by atoms with Crippen LogP contribution >= 0.6 is 0 Å². The summed E-state index contributed by atoms with van der Waals surface area (Å²) in [4.78, 5) is 0. The number of hydrogen-bond donors (Lipinski definition) is 4. The third-order valence-electron chi connectivity index (χ3n) is 2.37. The first kappa shape index (κ1) is 22.6. The second-order valence-corrected chi connectivity index (χ2v) is 4.93. The minimum atomic E-state index is -5.17. The summed E-state index contributed by atoms with van der Waals surface area (Å²) < 4.78 is 34.1. The van der Waals surface area contributed by atoms with Crippen LogP contribution in [0.25, 0.3) is 0 Å². The first-order valence-corrected chi connectivity index (χ1v) is 7.83. The van der Waals surface area contributed by atoms with Gasteiger partial charge in [0.05, 0.1) is 0 Å². The molecule has 0 unspecified atom stereocenters. The molecule has 8 nitrogen and oxygen atoms in total. The smallest absolute Gasteiger partial charge is 0.759 e. The standard InChI is InChI=1S/C10H24N4.H2O4S.Ru/c1-3-11-7-9-13-5-2-6-14-10-8-12-4-1;1-5(2,3)4;/h11-14H,1-10H2;(H2,1,2,3,4);/q;;+2/p-2. The van der Waals surface area contributed by atoms with E-state index in [4.69, 9.17) is 17.5 Å². The van der Waals surface area contributed by atoms with Crippen LogP contribution in [0.2, 0.25) is 0 Å². The summed E-state index contributed by atoms with van der Waals surface area (Å²) in [5.41, 5.74) is 0. The van der Waals surface area contributed by atoms with Crippen LogP contribution in [0, 0.1) is 0 Å². The molecule has 0 amide bonds. The Labute approximate surface area is 134 Å². The maximum atomic E-state index is 8.52. The molecule has 0 aromatic heterocycles. The van der Waals surface area contributed by atoms with Gasteiger partial charge in [0.1, 0.15) is 0 Å². The number of rotatable bonds is 0.